The van der Waals surface area contributed by atoms with E-state index in [1.807, 2.05) is 24.3 Å². The quantitative estimate of drug-likeness (QED) is 0.204. The Hall–Kier alpha value is -4.75. The number of aromatic nitrogens is 1. The predicted molar refractivity (Wildman–Crippen MR) is 162 cm³/mol. The molecular weight excluding hydrogens is 554 g/mol. The van der Waals surface area contributed by atoms with Crippen LogP contribution in [-0.4, -0.2) is 31.3 Å². The van der Waals surface area contributed by atoms with Gasteiger partial charge in [-0.2, -0.15) is 10.3 Å². The maximum Gasteiger partial charge on any atom is 0.299 e. The van der Waals surface area contributed by atoms with Crippen molar-refractivity contribution in [3.05, 3.63) is 104 Å². The first-order valence-electron chi connectivity index (χ1n) is 13.7. The number of rotatable bonds is 11. The SMILES string of the molecule is C=COOn1c(O)c(C#N)c(=C)c(=C2C(=Cc3ccc(N(CCCC)CCCC)cc3)S(=O)(=O)c3ccccc32)c1=O. The first kappa shape index (κ1) is 30.2. The predicted octanol–water partition coefficient (Wildman–Crippen LogP) is 3.77. The van der Waals surface area contributed by atoms with Crippen LogP contribution in [0.3, 0.4) is 0 Å². The summed E-state index contributed by atoms with van der Waals surface area (Å²) in [6, 6.07) is 15.7. The van der Waals surface area contributed by atoms with Gasteiger partial charge in [0.2, 0.25) is 9.84 Å². The van der Waals surface area contributed by atoms with Gasteiger partial charge in [0.05, 0.1) is 15.0 Å². The summed E-state index contributed by atoms with van der Waals surface area (Å²) in [7, 11) is -4.08. The number of benzene rings is 2. The van der Waals surface area contributed by atoms with Crippen molar-refractivity contribution >= 4 is 33.8 Å². The number of allylic oxidation sites excluding steroid dienone is 1. The molecule has 0 aliphatic carbocycles. The van der Waals surface area contributed by atoms with Crippen molar-refractivity contribution in [2.24, 2.45) is 0 Å². The maximum atomic E-state index is 13.9. The summed E-state index contributed by atoms with van der Waals surface area (Å²) in [4.78, 5) is 25.4. The lowest BCUT2D eigenvalue weighted by molar-refractivity contribution is -0.254. The van der Waals surface area contributed by atoms with Crippen molar-refractivity contribution in [2.45, 2.75) is 44.4 Å². The second-order valence-corrected chi connectivity index (χ2v) is 11.7. The lowest BCUT2D eigenvalue weighted by Gasteiger charge is -2.24. The van der Waals surface area contributed by atoms with Gasteiger partial charge >= 0.3 is 0 Å². The minimum Gasteiger partial charge on any atom is -0.491 e. The highest BCUT2D eigenvalue weighted by molar-refractivity contribution is 7.96. The number of sulfone groups is 1. The van der Waals surface area contributed by atoms with E-state index < -0.39 is 21.3 Å². The number of pyridine rings is 1. The summed E-state index contributed by atoms with van der Waals surface area (Å²) in [5.41, 5.74) is 0.604. The van der Waals surface area contributed by atoms with Gasteiger partial charge in [-0.1, -0.05) is 74.9 Å². The molecule has 3 aromatic rings. The first-order chi connectivity index (χ1) is 20.2. The fraction of sp³-hybridized carbons (Fsp3) is 0.250. The Balaban J connectivity index is 2.00. The molecule has 0 unspecified atom stereocenters. The Kier molecular flexibility index (Phi) is 9.23. The number of nitriles is 1. The molecule has 0 saturated heterocycles. The lowest BCUT2D eigenvalue weighted by Crippen LogP contribution is -2.49. The standard InChI is InChI=1S/C32H33N3O6S/c1-5-8-18-34(19-9-6-2)24-16-14-23(15-17-24)20-28-30(25-12-10-11-13-27(25)42(28,38)39)29-22(4)26(21-33)31(36)35(32(29)37)41-40-7-3/h7,10-17,20,36H,3-6,8-9,18-19H2,1-2H3. The van der Waals surface area contributed by atoms with E-state index in [1.54, 1.807) is 24.3 Å². The monoisotopic (exact) mass is 587 g/mol. The average molecular weight is 588 g/mol. The van der Waals surface area contributed by atoms with Gasteiger partial charge in [0.1, 0.15) is 17.9 Å². The van der Waals surface area contributed by atoms with E-state index in [1.165, 1.54) is 12.1 Å². The minimum absolute atomic E-state index is 0.00775. The minimum atomic E-state index is -4.08. The van der Waals surface area contributed by atoms with Crippen LogP contribution in [0.25, 0.3) is 18.2 Å². The number of hydrogen-bond donors (Lipinski definition) is 1. The molecule has 1 N–H and O–H groups in total. The zero-order valence-electron chi connectivity index (χ0n) is 23.7. The zero-order chi connectivity index (χ0) is 30.4. The highest BCUT2D eigenvalue weighted by atomic mass is 32.2. The van der Waals surface area contributed by atoms with E-state index in [0.29, 0.717) is 10.3 Å². The fourth-order valence-electron chi connectivity index (χ4n) is 4.91. The van der Waals surface area contributed by atoms with E-state index in [-0.39, 0.29) is 36.9 Å². The molecule has 10 heteroatoms. The van der Waals surface area contributed by atoms with Gasteiger partial charge in [0.25, 0.3) is 11.4 Å². The first-order valence-corrected chi connectivity index (χ1v) is 15.2. The summed E-state index contributed by atoms with van der Waals surface area (Å²) in [5, 5.41) is 19.9. The van der Waals surface area contributed by atoms with Gasteiger partial charge in [0.15, 0.2) is 0 Å². The van der Waals surface area contributed by atoms with Crippen molar-refractivity contribution in [3.8, 4) is 11.9 Å². The Bertz CT molecular complexity index is 1840. The largest absolute Gasteiger partial charge is 0.491 e. The number of hydrogen-bond acceptors (Lipinski definition) is 8. The van der Waals surface area contributed by atoms with Crippen LogP contribution in [0.1, 0.15) is 56.2 Å². The molecule has 2 aromatic carbocycles. The molecule has 218 valence electrons. The summed E-state index contributed by atoms with van der Waals surface area (Å²) < 4.78 is 28.1. The molecule has 0 atom stereocenters. The number of fused-ring (bicyclic) bond motifs is 1. The molecule has 4 rings (SSSR count). The van der Waals surface area contributed by atoms with Crippen molar-refractivity contribution in [1.82, 2.24) is 4.73 Å². The Morgan fingerprint density at radius 2 is 1.71 bits per heavy atom. The smallest absolute Gasteiger partial charge is 0.299 e. The van der Waals surface area contributed by atoms with Crippen LogP contribution >= 0.6 is 0 Å². The Morgan fingerprint density at radius 1 is 1.07 bits per heavy atom. The van der Waals surface area contributed by atoms with Gasteiger partial charge in [-0.05, 0) is 42.7 Å². The van der Waals surface area contributed by atoms with Crippen LogP contribution < -0.4 is 25.9 Å². The highest BCUT2D eigenvalue weighted by Gasteiger charge is 2.37. The molecule has 0 bridgehead atoms. The number of unbranched alkanes of at least 4 members (excludes halogenated alkanes) is 2. The normalized spacial score (nSPS) is 15.6. The van der Waals surface area contributed by atoms with E-state index in [9.17, 15) is 23.6 Å². The average Bonchev–Trinajstić information content (AvgIpc) is 3.20. The molecule has 2 heterocycles. The van der Waals surface area contributed by atoms with Gasteiger partial charge in [-0.3, -0.25) is 9.68 Å². The van der Waals surface area contributed by atoms with Gasteiger partial charge < -0.3 is 10.0 Å². The fourth-order valence-corrected chi connectivity index (χ4v) is 6.63. The molecule has 0 radical (unpaired) electrons. The van der Waals surface area contributed by atoms with E-state index in [4.69, 9.17) is 4.99 Å². The Morgan fingerprint density at radius 3 is 2.31 bits per heavy atom. The molecular formula is C32H33N3O6S. The van der Waals surface area contributed by atoms with Crippen molar-refractivity contribution in [3.63, 3.8) is 0 Å². The lowest BCUT2D eigenvalue weighted by atomic mass is 10.00. The van der Waals surface area contributed by atoms with E-state index in [0.717, 1.165) is 50.7 Å². The molecule has 1 aromatic heterocycles. The molecule has 1 aliphatic rings. The zero-order valence-corrected chi connectivity index (χ0v) is 24.5. The highest BCUT2D eigenvalue weighted by Crippen LogP contribution is 2.42. The molecule has 1 aliphatic heterocycles. The van der Waals surface area contributed by atoms with Crippen molar-refractivity contribution < 1.29 is 23.4 Å². The van der Waals surface area contributed by atoms with Gasteiger partial charge in [0, 0.05) is 35.1 Å². The molecule has 0 spiro atoms. The van der Waals surface area contributed by atoms with Crippen LogP contribution in [0.2, 0.25) is 0 Å². The summed E-state index contributed by atoms with van der Waals surface area (Å²) in [6.07, 6.45) is 6.66. The summed E-state index contributed by atoms with van der Waals surface area (Å²) in [6.45, 7) is 13.4. The third-order valence-corrected chi connectivity index (χ3v) is 8.90. The van der Waals surface area contributed by atoms with Crippen LogP contribution in [0, 0.1) is 11.3 Å². The van der Waals surface area contributed by atoms with E-state index >= 15 is 0 Å². The molecule has 0 fully saturated rings. The topological polar surface area (TPSA) is 122 Å². The van der Waals surface area contributed by atoms with Crippen molar-refractivity contribution in [1.29, 1.82) is 5.26 Å². The van der Waals surface area contributed by atoms with Crippen LogP contribution in [0.5, 0.6) is 5.88 Å². The van der Waals surface area contributed by atoms with E-state index in [2.05, 4.69) is 36.8 Å². The van der Waals surface area contributed by atoms with Crippen LogP contribution in [0.4, 0.5) is 5.69 Å². The second-order valence-electron chi connectivity index (χ2n) is 9.77. The molecule has 0 saturated carbocycles. The number of nitrogens with zero attached hydrogens (tertiary/aromatic N) is 3. The Labute approximate surface area is 245 Å². The summed E-state index contributed by atoms with van der Waals surface area (Å²) >= 11 is 0. The summed E-state index contributed by atoms with van der Waals surface area (Å²) in [5.74, 6) is -0.843. The van der Waals surface area contributed by atoms with Crippen molar-refractivity contribution in [2.75, 3.05) is 18.0 Å². The molecule has 0 amide bonds. The number of anilines is 1. The molecule has 9 nitrogen and oxygen atoms in total. The van der Waals surface area contributed by atoms with Gasteiger partial charge in [-0.25, -0.2) is 8.42 Å². The molecule has 42 heavy (non-hydrogen) atoms. The second kappa shape index (κ2) is 12.8. The van der Waals surface area contributed by atoms with Gasteiger partial charge in [-0.15, -0.1) is 0 Å². The maximum absolute atomic E-state index is 13.9. The third kappa shape index (κ3) is 5.56. The van der Waals surface area contributed by atoms with Crippen LogP contribution in [0.15, 0.2) is 76.0 Å². The third-order valence-electron chi connectivity index (χ3n) is 7.07. The van der Waals surface area contributed by atoms with Crippen LogP contribution in [-0.2, 0) is 14.7 Å². The number of aromatic hydroxyl groups is 1.